The molecule has 0 bridgehead atoms. The van der Waals surface area contributed by atoms with E-state index in [-0.39, 0.29) is 116 Å². The van der Waals surface area contributed by atoms with Crippen LogP contribution in [-0.4, -0.2) is 281 Å². The Bertz CT molecular complexity index is 2810. The first kappa shape index (κ1) is 83.7. The number of halogens is 1. The number of rotatable bonds is 39. The number of unbranched alkanes of at least 4 members (excludes halogenated alkanes) is 1. The lowest BCUT2D eigenvalue weighted by molar-refractivity contribution is -0.142. The molecular formula is C61H97FN12O21Si. The van der Waals surface area contributed by atoms with Gasteiger partial charge in [0.05, 0.1) is 26.2 Å². The minimum absolute atomic E-state index is 0.0450. The summed E-state index contributed by atoms with van der Waals surface area (Å²) >= 11 is 0. The van der Waals surface area contributed by atoms with Gasteiger partial charge in [0, 0.05) is 116 Å². The summed E-state index contributed by atoms with van der Waals surface area (Å²) in [6, 6.07) is -2.24. The lowest BCUT2D eigenvalue weighted by atomic mass is 10.0. The molecule has 33 nitrogen and oxygen atoms in total. The second-order valence-electron chi connectivity index (χ2n) is 25.4. The number of amides is 8. The first-order chi connectivity index (χ1) is 44.8. The predicted molar refractivity (Wildman–Crippen MR) is 345 cm³/mol. The van der Waals surface area contributed by atoms with E-state index in [9.17, 15) is 98.1 Å². The highest BCUT2D eigenvalue weighted by molar-refractivity contribution is 6.90. The molecule has 8 amide bonds. The monoisotopic (exact) mass is 1380 g/mol. The maximum atomic E-state index is 17.1. The third-order valence-electron chi connectivity index (χ3n) is 15.6. The van der Waals surface area contributed by atoms with Crippen LogP contribution in [0.5, 0.6) is 0 Å². The number of carboxylic acids is 6. The van der Waals surface area contributed by atoms with E-state index < -0.39 is 184 Å². The summed E-state index contributed by atoms with van der Waals surface area (Å²) in [5.41, 5.74) is 0.111. The first-order valence-corrected chi connectivity index (χ1v) is 33.3. The van der Waals surface area contributed by atoms with Crippen LogP contribution in [-0.2, 0) is 52.7 Å². The number of aliphatic hydroxyl groups excluding tert-OH is 1. The van der Waals surface area contributed by atoms with Crippen molar-refractivity contribution < 1.29 is 107 Å². The molecule has 1 aromatic carbocycles. The van der Waals surface area contributed by atoms with Crippen molar-refractivity contribution in [1.29, 1.82) is 0 Å². The number of nitrogens with zero attached hydrogens (tertiary/aromatic N) is 4. The molecule has 0 aromatic heterocycles. The molecule has 1 heterocycles. The van der Waals surface area contributed by atoms with Gasteiger partial charge in [0.25, 0.3) is 14.3 Å². The van der Waals surface area contributed by atoms with Gasteiger partial charge >= 0.3 is 41.8 Å². The number of carbonyl (C=O) groups is 13. The zero-order chi connectivity index (χ0) is 72.5. The summed E-state index contributed by atoms with van der Waals surface area (Å²) in [5, 5.41) is 95.9. The molecule has 96 heavy (non-hydrogen) atoms. The van der Waals surface area contributed by atoms with Crippen LogP contribution in [0.1, 0.15) is 123 Å². The number of hydrogen-bond acceptors (Lipinski definition) is 19. The minimum atomic E-state index is -3.73. The SMILES string of the molecule is C#CC[C@H](NC(=O)N[C@@H](CCC(=O)N[C@H](CCCNC(=O)CCC(=O)NCCCC[C@H](CC(O)O)NC(=O)[C@@H](CNC(=O)c1ccc([Si](F)(C(C)(C)C)C(C)(C)C)cc1)NC(=O)CN1CCN(CC(=O)O)CCN(CC(=O)O)CCN(CC(=O)O)CC1)C(=O)O)C(=O)O)C(=O)O. The van der Waals surface area contributed by atoms with Gasteiger partial charge < -0.3 is 87.5 Å². The van der Waals surface area contributed by atoms with Gasteiger partial charge in [-0.25, -0.2) is 19.2 Å². The number of hydrogen-bond donors (Lipinski definition) is 16. The minimum Gasteiger partial charge on any atom is -0.480 e. The van der Waals surface area contributed by atoms with Crippen molar-refractivity contribution in [1.82, 2.24) is 62.1 Å². The van der Waals surface area contributed by atoms with Gasteiger partial charge in [0.1, 0.15) is 24.2 Å². The van der Waals surface area contributed by atoms with Crippen LogP contribution in [0.4, 0.5) is 8.90 Å². The van der Waals surface area contributed by atoms with E-state index in [1.54, 1.807) is 31.7 Å². The van der Waals surface area contributed by atoms with Crippen molar-refractivity contribution in [3.63, 3.8) is 0 Å². The third kappa shape index (κ3) is 31.9. The molecule has 16 N–H and O–H groups in total. The number of nitrogens with one attached hydrogen (secondary N) is 8. The summed E-state index contributed by atoms with van der Waals surface area (Å²) in [4.78, 5) is 169. The number of benzene rings is 1. The van der Waals surface area contributed by atoms with E-state index in [0.29, 0.717) is 11.6 Å². The molecule has 0 aliphatic carbocycles. The fourth-order valence-corrected chi connectivity index (χ4v) is 15.4. The van der Waals surface area contributed by atoms with Gasteiger partial charge in [0.2, 0.25) is 29.5 Å². The number of aliphatic hydroxyl groups is 2. The fourth-order valence-electron chi connectivity index (χ4n) is 10.8. The molecule has 0 unspecified atom stereocenters. The second kappa shape index (κ2) is 41.5. The highest BCUT2D eigenvalue weighted by Gasteiger charge is 2.56. The zero-order valence-electron chi connectivity index (χ0n) is 55.3. The van der Waals surface area contributed by atoms with E-state index in [4.69, 9.17) is 11.5 Å². The number of terminal acetylenes is 1. The Morgan fingerprint density at radius 3 is 1.36 bits per heavy atom. The van der Waals surface area contributed by atoms with E-state index in [2.05, 4.69) is 37.8 Å². The zero-order valence-corrected chi connectivity index (χ0v) is 56.3. The van der Waals surface area contributed by atoms with Crippen molar-refractivity contribution in [3.8, 4) is 12.3 Å². The third-order valence-corrected chi connectivity index (χ3v) is 20.9. The average molecular weight is 1380 g/mol. The molecule has 2 rings (SSSR count). The lowest BCUT2D eigenvalue weighted by Crippen LogP contribution is -2.58. The van der Waals surface area contributed by atoms with Crippen LogP contribution >= 0.6 is 0 Å². The van der Waals surface area contributed by atoms with Crippen LogP contribution in [0.3, 0.4) is 0 Å². The van der Waals surface area contributed by atoms with Gasteiger partial charge in [-0.2, -0.15) is 0 Å². The van der Waals surface area contributed by atoms with Crippen LogP contribution in [0.2, 0.25) is 10.1 Å². The summed E-state index contributed by atoms with van der Waals surface area (Å²) in [6.45, 7) is 9.60. The number of carbonyl (C=O) groups excluding carboxylic acids is 7. The molecule has 0 spiro atoms. The summed E-state index contributed by atoms with van der Waals surface area (Å²) in [5.74, 6) is -10.1. The first-order valence-electron chi connectivity index (χ1n) is 31.5. The Labute approximate surface area is 557 Å². The Balaban J connectivity index is 2.14. The Hall–Kier alpha value is -8.40. The van der Waals surface area contributed by atoms with Crippen molar-refractivity contribution in [2.75, 3.05) is 98.2 Å². The quantitative estimate of drug-likeness (QED) is 0.0110. The topological polar surface area (TPSA) is 493 Å². The van der Waals surface area contributed by atoms with E-state index in [0.717, 1.165) is 0 Å². The van der Waals surface area contributed by atoms with Crippen LogP contribution in [0, 0.1) is 12.3 Å². The molecule has 1 aliphatic heterocycles. The molecule has 0 saturated carbocycles. The Morgan fingerprint density at radius 1 is 0.510 bits per heavy atom. The molecule has 1 saturated heterocycles. The maximum Gasteiger partial charge on any atom is 0.327 e. The molecule has 0 radical (unpaired) electrons. The smallest absolute Gasteiger partial charge is 0.327 e. The van der Waals surface area contributed by atoms with Gasteiger partial charge in [-0.1, -0.05) is 53.7 Å². The highest BCUT2D eigenvalue weighted by atomic mass is 28.4. The van der Waals surface area contributed by atoms with Gasteiger partial charge in [0.15, 0.2) is 6.29 Å². The van der Waals surface area contributed by atoms with Crippen molar-refractivity contribution >= 4 is 90.9 Å². The predicted octanol–water partition coefficient (Wildman–Crippen LogP) is -2.17. The Morgan fingerprint density at radius 2 is 0.938 bits per heavy atom. The molecule has 35 heteroatoms. The van der Waals surface area contributed by atoms with Gasteiger partial charge in [-0.05, 0) is 65.9 Å². The van der Waals surface area contributed by atoms with Gasteiger partial charge in [-0.3, -0.25) is 62.8 Å². The maximum absolute atomic E-state index is 17.1. The van der Waals surface area contributed by atoms with E-state index >= 15 is 4.11 Å². The summed E-state index contributed by atoms with van der Waals surface area (Å²) < 4.78 is 17.1. The van der Waals surface area contributed by atoms with Crippen molar-refractivity contribution in [2.24, 2.45) is 0 Å². The number of carboxylic acid groups (broad SMARTS) is 6. The van der Waals surface area contributed by atoms with E-state index in [1.807, 2.05) is 52.2 Å². The van der Waals surface area contributed by atoms with Crippen LogP contribution in [0.25, 0.3) is 0 Å². The second-order valence-corrected chi connectivity index (χ2v) is 30.3. The van der Waals surface area contributed by atoms with Crippen LogP contribution in [0.15, 0.2) is 24.3 Å². The molecule has 538 valence electrons. The van der Waals surface area contributed by atoms with E-state index in [1.165, 1.54) is 12.1 Å². The summed E-state index contributed by atoms with van der Waals surface area (Å²) in [7, 11) is -3.73. The van der Waals surface area contributed by atoms with Crippen molar-refractivity contribution in [2.45, 2.75) is 159 Å². The molecule has 1 aromatic rings. The standard InChI is InChI=1S/C61H97FN12O21Si/c1-8-12-42(56(89)90)69-59(95)70-44(58(93)94)19-20-48(77)67-43(57(91)92)14-11-24-64-47(76)22-21-46(75)63-23-10-9-13-40(33-50(79)80)66-55(88)45(34-65-54(87)39-15-17-41(18-16-39)96(62,60(2,3)4)61(5,6)7)68-49(78)35-71-25-27-72(36-51(81)82)29-31-74(38-53(85)86)32-30-73(28-26-71)37-52(83)84/h1,15-18,40,42-45,50,79-80H,9-14,19-38H2,2-7H3,(H,63,75)(H,64,76)(H,65,87)(H,66,88)(H,67,77)(H,68,78)(H,81,82)(H,83,84)(H,85,86)(H,89,90)(H,91,92)(H,93,94)(H2,69,70,95)/t40-,42+,43-,44+,45-/m1/s1. The largest absolute Gasteiger partial charge is 0.480 e. The molecule has 5 atom stereocenters. The summed E-state index contributed by atoms with van der Waals surface area (Å²) in [6.07, 6.45) is 1.34. The molecule has 1 aliphatic rings. The lowest BCUT2D eigenvalue weighted by Gasteiger charge is -2.44. The number of aliphatic carboxylic acids is 6. The fraction of sp³-hybridized carbons (Fsp3) is 0.656. The Kier molecular flexibility index (Phi) is 36.2. The normalized spacial score (nSPS) is 15.6. The van der Waals surface area contributed by atoms with Crippen molar-refractivity contribution in [3.05, 3.63) is 29.8 Å². The van der Waals surface area contributed by atoms with Gasteiger partial charge in [-0.15, -0.1) is 12.3 Å². The molecule has 1 fully saturated rings. The highest BCUT2D eigenvalue weighted by Crippen LogP contribution is 2.51. The average Bonchev–Trinajstić information content (AvgIpc) is 0.750. The molecular weight excluding hydrogens is 1280 g/mol. The number of urea groups is 1. The van der Waals surface area contributed by atoms with Crippen LogP contribution < -0.4 is 47.7 Å².